The molecule has 2 rings (SSSR count). The van der Waals surface area contributed by atoms with Crippen molar-refractivity contribution in [1.82, 2.24) is 4.90 Å². The largest absolute Gasteiger partial charge is 0.480 e. The van der Waals surface area contributed by atoms with Gasteiger partial charge in [-0.15, -0.1) is 11.8 Å². The second kappa shape index (κ2) is 6.16. The van der Waals surface area contributed by atoms with Crippen molar-refractivity contribution in [3.8, 4) is 0 Å². The van der Waals surface area contributed by atoms with Crippen LogP contribution in [0.3, 0.4) is 0 Å². The van der Waals surface area contributed by atoms with Gasteiger partial charge in [0.1, 0.15) is 22.8 Å². The molecule has 22 heavy (non-hydrogen) atoms. The summed E-state index contributed by atoms with van der Waals surface area (Å²) < 4.78 is 18.4. The van der Waals surface area contributed by atoms with Gasteiger partial charge in [0.05, 0.1) is 0 Å². The molecule has 2 atom stereocenters. The first-order valence-corrected chi connectivity index (χ1v) is 7.85. The fraction of sp³-hybridized carbons (Fsp3) is 0.467. The minimum absolute atomic E-state index is 0.261. The van der Waals surface area contributed by atoms with E-state index in [0.29, 0.717) is 5.56 Å². The minimum atomic E-state index is -1.08. The molecule has 1 aromatic rings. The molecular formula is C15H18FNO4S. The number of rotatable bonds is 2. The van der Waals surface area contributed by atoms with E-state index in [2.05, 4.69) is 0 Å². The van der Waals surface area contributed by atoms with Crippen LogP contribution in [0.15, 0.2) is 24.3 Å². The second-order valence-corrected chi connectivity index (χ2v) is 7.09. The molecule has 1 aliphatic rings. The molecule has 0 bridgehead atoms. The van der Waals surface area contributed by atoms with Gasteiger partial charge in [-0.3, -0.25) is 4.90 Å². The molecule has 1 fully saturated rings. The Labute approximate surface area is 132 Å². The van der Waals surface area contributed by atoms with Gasteiger partial charge in [-0.1, -0.05) is 12.1 Å². The number of hydrogen-bond donors (Lipinski definition) is 1. The van der Waals surface area contributed by atoms with Gasteiger partial charge in [0.2, 0.25) is 0 Å². The third kappa shape index (κ3) is 3.71. The van der Waals surface area contributed by atoms with E-state index in [0.717, 1.165) is 0 Å². The normalized spacial score (nSPS) is 21.7. The van der Waals surface area contributed by atoms with Crippen molar-refractivity contribution < 1.29 is 23.8 Å². The highest BCUT2D eigenvalue weighted by molar-refractivity contribution is 7.99. The van der Waals surface area contributed by atoms with Gasteiger partial charge < -0.3 is 9.84 Å². The Hall–Kier alpha value is -1.76. The van der Waals surface area contributed by atoms with Crippen molar-refractivity contribution in [3.63, 3.8) is 0 Å². The lowest BCUT2D eigenvalue weighted by atomic mass is 10.1. The first kappa shape index (κ1) is 16.6. The van der Waals surface area contributed by atoms with Gasteiger partial charge in [-0.05, 0) is 38.5 Å². The van der Waals surface area contributed by atoms with Gasteiger partial charge in [0, 0.05) is 5.75 Å². The molecule has 1 heterocycles. The molecule has 1 saturated heterocycles. The predicted octanol–water partition coefficient (Wildman–Crippen LogP) is 3.26. The van der Waals surface area contributed by atoms with Gasteiger partial charge in [-0.25, -0.2) is 14.0 Å². The molecule has 7 heteroatoms. The zero-order valence-corrected chi connectivity index (χ0v) is 13.4. The van der Waals surface area contributed by atoms with E-state index in [9.17, 15) is 19.1 Å². The van der Waals surface area contributed by atoms with Crippen LogP contribution in [0.25, 0.3) is 0 Å². The lowest BCUT2D eigenvalue weighted by Crippen LogP contribution is -2.45. The van der Waals surface area contributed by atoms with E-state index >= 15 is 0 Å². The number of aliphatic carboxylic acids is 1. The van der Waals surface area contributed by atoms with Crippen molar-refractivity contribution in [2.45, 2.75) is 37.8 Å². The van der Waals surface area contributed by atoms with Crippen LogP contribution in [0.4, 0.5) is 9.18 Å². The summed E-state index contributed by atoms with van der Waals surface area (Å²) in [5.74, 6) is -1.20. The number of amides is 1. The SMILES string of the molecule is CC(C)(C)OC(=O)N1[C@@H](C(=O)O)CS[C@@H]1c1ccc(F)cc1. The topological polar surface area (TPSA) is 66.8 Å². The molecular weight excluding hydrogens is 309 g/mol. The summed E-state index contributed by atoms with van der Waals surface area (Å²) in [5, 5.41) is 8.81. The van der Waals surface area contributed by atoms with E-state index in [-0.39, 0.29) is 11.6 Å². The van der Waals surface area contributed by atoms with Gasteiger partial charge in [-0.2, -0.15) is 0 Å². The number of hydrogen-bond acceptors (Lipinski definition) is 4. The number of carboxylic acid groups (broad SMARTS) is 1. The Morgan fingerprint density at radius 3 is 2.41 bits per heavy atom. The third-order valence-electron chi connectivity index (χ3n) is 3.04. The highest BCUT2D eigenvalue weighted by Gasteiger charge is 2.44. The zero-order chi connectivity index (χ0) is 16.5. The molecule has 120 valence electrons. The molecule has 1 aromatic carbocycles. The van der Waals surface area contributed by atoms with Crippen molar-refractivity contribution in [2.24, 2.45) is 0 Å². The van der Waals surface area contributed by atoms with Crippen LogP contribution in [-0.2, 0) is 9.53 Å². The maximum Gasteiger partial charge on any atom is 0.412 e. The van der Waals surface area contributed by atoms with Crippen LogP contribution in [0.2, 0.25) is 0 Å². The van der Waals surface area contributed by atoms with Gasteiger partial charge in [0.15, 0.2) is 0 Å². The monoisotopic (exact) mass is 327 g/mol. The number of thioether (sulfide) groups is 1. The maximum absolute atomic E-state index is 13.1. The molecule has 1 N–H and O–H groups in total. The summed E-state index contributed by atoms with van der Waals surface area (Å²) in [6.45, 7) is 5.16. The number of carbonyl (C=O) groups is 2. The predicted molar refractivity (Wildman–Crippen MR) is 81.1 cm³/mol. The zero-order valence-electron chi connectivity index (χ0n) is 12.6. The number of halogens is 1. The Morgan fingerprint density at radius 1 is 1.32 bits per heavy atom. The summed E-state index contributed by atoms with van der Waals surface area (Å²) >= 11 is 1.32. The highest BCUT2D eigenvalue weighted by Crippen LogP contribution is 2.42. The summed E-state index contributed by atoms with van der Waals surface area (Å²) in [4.78, 5) is 25.0. The lowest BCUT2D eigenvalue weighted by Gasteiger charge is -2.30. The fourth-order valence-electron chi connectivity index (χ4n) is 2.12. The quantitative estimate of drug-likeness (QED) is 0.903. The summed E-state index contributed by atoms with van der Waals surface area (Å²) in [6, 6.07) is 4.72. The average Bonchev–Trinajstić information content (AvgIpc) is 2.82. The molecule has 0 unspecified atom stereocenters. The van der Waals surface area contributed by atoms with Crippen LogP contribution in [-0.4, -0.2) is 39.5 Å². The first-order chi connectivity index (χ1) is 10.2. The number of carboxylic acids is 1. The van der Waals surface area contributed by atoms with Crippen LogP contribution in [0.1, 0.15) is 31.7 Å². The number of carbonyl (C=O) groups excluding carboxylic acids is 1. The smallest absolute Gasteiger partial charge is 0.412 e. The van der Waals surface area contributed by atoms with Crippen LogP contribution in [0.5, 0.6) is 0 Å². The van der Waals surface area contributed by atoms with Crippen LogP contribution >= 0.6 is 11.8 Å². The van der Waals surface area contributed by atoms with Crippen LogP contribution < -0.4 is 0 Å². The summed E-state index contributed by atoms with van der Waals surface area (Å²) in [6.07, 6.45) is -0.681. The molecule has 5 nitrogen and oxygen atoms in total. The Kier molecular flexibility index (Phi) is 4.65. The van der Waals surface area contributed by atoms with E-state index in [4.69, 9.17) is 4.74 Å². The van der Waals surface area contributed by atoms with E-state index < -0.39 is 29.1 Å². The van der Waals surface area contributed by atoms with Gasteiger partial charge in [0.25, 0.3) is 0 Å². The van der Waals surface area contributed by atoms with Crippen molar-refractivity contribution in [2.75, 3.05) is 5.75 Å². The molecule has 0 radical (unpaired) electrons. The fourth-order valence-corrected chi connectivity index (χ4v) is 3.53. The molecule has 0 aliphatic carbocycles. The first-order valence-electron chi connectivity index (χ1n) is 6.80. The Balaban J connectivity index is 2.30. The lowest BCUT2D eigenvalue weighted by molar-refractivity contribution is -0.142. The third-order valence-corrected chi connectivity index (χ3v) is 4.37. The number of nitrogens with zero attached hydrogens (tertiary/aromatic N) is 1. The summed E-state index contributed by atoms with van der Waals surface area (Å²) in [7, 11) is 0. The van der Waals surface area contributed by atoms with Crippen molar-refractivity contribution in [3.05, 3.63) is 35.6 Å². The minimum Gasteiger partial charge on any atom is -0.480 e. The number of benzene rings is 1. The highest BCUT2D eigenvalue weighted by atomic mass is 32.2. The number of ether oxygens (including phenoxy) is 1. The van der Waals surface area contributed by atoms with Crippen LogP contribution in [0, 0.1) is 5.82 Å². The van der Waals surface area contributed by atoms with E-state index in [1.165, 1.54) is 28.8 Å². The standard InChI is InChI=1S/C15H18FNO4S/c1-15(2,3)21-14(20)17-11(13(18)19)8-22-12(17)9-4-6-10(16)7-5-9/h4-7,11-12H,8H2,1-3H3,(H,18,19)/t11-,12-/m1/s1. The van der Waals surface area contributed by atoms with E-state index in [1.807, 2.05) is 0 Å². The average molecular weight is 327 g/mol. The molecule has 0 spiro atoms. The van der Waals surface area contributed by atoms with Crippen molar-refractivity contribution >= 4 is 23.8 Å². The molecule has 0 saturated carbocycles. The molecule has 1 amide bonds. The van der Waals surface area contributed by atoms with Crippen molar-refractivity contribution in [1.29, 1.82) is 0 Å². The second-order valence-electron chi connectivity index (χ2n) is 5.98. The molecule has 1 aliphatic heterocycles. The Bertz CT molecular complexity index is 570. The van der Waals surface area contributed by atoms with Gasteiger partial charge >= 0.3 is 12.1 Å². The Morgan fingerprint density at radius 2 is 1.91 bits per heavy atom. The van der Waals surface area contributed by atoms with E-state index in [1.54, 1.807) is 32.9 Å². The maximum atomic E-state index is 13.1. The summed E-state index contributed by atoms with van der Waals surface area (Å²) in [5.41, 5.74) is -0.0539. The molecule has 0 aromatic heterocycles.